The molecule has 8 heteroatoms. The van der Waals surface area contributed by atoms with Crippen LogP contribution >= 0.6 is 0 Å². The highest BCUT2D eigenvalue weighted by Gasteiger charge is 2.20. The molecule has 1 unspecified atom stereocenters. The average molecular weight is 498 g/mol. The number of rotatable bonds is 12. The summed E-state index contributed by atoms with van der Waals surface area (Å²) >= 11 is 0. The number of aromatic nitrogens is 4. The maximum Gasteiger partial charge on any atom is 0.335 e. The van der Waals surface area contributed by atoms with Crippen LogP contribution in [0, 0.1) is 5.92 Å². The summed E-state index contributed by atoms with van der Waals surface area (Å²) in [6, 6.07) is 22.5. The summed E-state index contributed by atoms with van der Waals surface area (Å²) in [5, 5.41) is 26.6. The quantitative estimate of drug-likeness (QED) is 0.206. The minimum atomic E-state index is -1.02. The zero-order valence-corrected chi connectivity index (χ0v) is 20.9. The molecule has 190 valence electrons. The molecule has 1 aromatic heterocycles. The predicted molar refractivity (Wildman–Crippen MR) is 143 cm³/mol. The van der Waals surface area contributed by atoms with Gasteiger partial charge in [0.1, 0.15) is 0 Å². The summed E-state index contributed by atoms with van der Waals surface area (Å²) in [6.45, 7) is 2.16. The number of carboxylic acid groups (broad SMARTS) is 1. The molecule has 0 aliphatic rings. The Morgan fingerprint density at radius 2 is 1.73 bits per heavy atom. The minimum Gasteiger partial charge on any atom is -0.478 e. The summed E-state index contributed by atoms with van der Waals surface area (Å²) in [5.41, 5.74) is 4.63. The molecule has 4 rings (SSSR count). The topological polar surface area (TPSA) is 121 Å². The number of benzene rings is 3. The van der Waals surface area contributed by atoms with Gasteiger partial charge in [-0.05, 0) is 52.9 Å². The molecule has 1 atom stereocenters. The van der Waals surface area contributed by atoms with Crippen molar-refractivity contribution in [3.05, 3.63) is 83.9 Å². The molecule has 4 aromatic rings. The Labute approximate surface area is 216 Å². The van der Waals surface area contributed by atoms with Gasteiger partial charge in [-0.2, -0.15) is 5.21 Å². The van der Waals surface area contributed by atoms with Crippen LogP contribution in [0.5, 0.6) is 0 Å². The number of amides is 1. The van der Waals surface area contributed by atoms with Crippen LogP contribution in [0.25, 0.3) is 22.5 Å². The largest absolute Gasteiger partial charge is 0.478 e. The number of aromatic carboxylic acids is 1. The van der Waals surface area contributed by atoms with Crippen LogP contribution in [0.1, 0.15) is 54.9 Å². The molecule has 0 bridgehead atoms. The van der Waals surface area contributed by atoms with Gasteiger partial charge in [-0.3, -0.25) is 4.79 Å². The molecular weight excluding hydrogens is 466 g/mol. The van der Waals surface area contributed by atoms with Gasteiger partial charge in [-0.1, -0.05) is 87.2 Å². The zero-order chi connectivity index (χ0) is 26.0. The van der Waals surface area contributed by atoms with Crippen LogP contribution < -0.4 is 5.32 Å². The fourth-order valence-corrected chi connectivity index (χ4v) is 4.43. The highest BCUT2D eigenvalue weighted by atomic mass is 16.4. The molecule has 0 aliphatic carbocycles. The third kappa shape index (κ3) is 6.88. The molecule has 3 aromatic carbocycles. The lowest BCUT2D eigenvalue weighted by atomic mass is 9.91. The molecule has 0 fully saturated rings. The molecule has 0 radical (unpaired) electrons. The Kier molecular flexibility index (Phi) is 8.75. The summed E-state index contributed by atoms with van der Waals surface area (Å²) in [4.78, 5) is 24.6. The lowest BCUT2D eigenvalue weighted by Crippen LogP contribution is -2.25. The van der Waals surface area contributed by atoms with Crippen molar-refractivity contribution in [1.82, 2.24) is 20.6 Å². The number of aromatic amines is 1. The van der Waals surface area contributed by atoms with Crippen molar-refractivity contribution in [2.45, 2.75) is 45.4 Å². The third-order valence-electron chi connectivity index (χ3n) is 6.41. The lowest BCUT2D eigenvalue weighted by Gasteiger charge is -2.18. The normalized spacial score (nSPS) is 11.7. The number of hydrogen-bond acceptors (Lipinski definition) is 5. The Balaban J connectivity index is 1.50. The van der Waals surface area contributed by atoms with E-state index in [1.165, 1.54) is 12.1 Å². The van der Waals surface area contributed by atoms with Gasteiger partial charge in [0.25, 0.3) is 0 Å². The molecule has 1 amide bonds. The summed E-state index contributed by atoms with van der Waals surface area (Å²) in [5.74, 6) is -0.794. The van der Waals surface area contributed by atoms with Crippen molar-refractivity contribution in [3.8, 4) is 22.5 Å². The van der Waals surface area contributed by atoms with E-state index in [1.54, 1.807) is 12.1 Å². The van der Waals surface area contributed by atoms with E-state index in [-0.39, 0.29) is 17.4 Å². The number of unbranched alkanes of at least 4 members (excludes halogenated alkanes) is 3. The van der Waals surface area contributed by atoms with Gasteiger partial charge < -0.3 is 10.4 Å². The molecule has 8 nitrogen and oxygen atoms in total. The van der Waals surface area contributed by atoms with Crippen molar-refractivity contribution in [2.75, 3.05) is 5.32 Å². The number of anilines is 1. The number of tetrazole rings is 1. The molecule has 1 heterocycles. The van der Waals surface area contributed by atoms with Gasteiger partial charge in [-0.15, -0.1) is 10.2 Å². The number of carbonyl (C=O) groups is 2. The molecular formula is C29H31N5O3. The zero-order valence-electron chi connectivity index (χ0n) is 20.9. The fourth-order valence-electron chi connectivity index (χ4n) is 4.43. The number of carbonyl (C=O) groups excluding carboxylic acids is 1. The Bertz CT molecular complexity index is 1320. The number of hydrogen-bond donors (Lipinski definition) is 3. The van der Waals surface area contributed by atoms with Crippen LogP contribution in [0.4, 0.5) is 5.69 Å². The predicted octanol–water partition coefficient (Wildman–Crippen LogP) is 6.00. The first-order chi connectivity index (χ1) is 18.0. The van der Waals surface area contributed by atoms with Gasteiger partial charge in [0.15, 0.2) is 0 Å². The average Bonchev–Trinajstić information content (AvgIpc) is 3.46. The number of H-pyrrole nitrogens is 1. The van der Waals surface area contributed by atoms with Crippen molar-refractivity contribution in [1.29, 1.82) is 0 Å². The third-order valence-corrected chi connectivity index (χ3v) is 6.41. The van der Waals surface area contributed by atoms with E-state index in [0.717, 1.165) is 54.4 Å². The van der Waals surface area contributed by atoms with E-state index in [2.05, 4.69) is 57.1 Å². The van der Waals surface area contributed by atoms with E-state index in [4.69, 9.17) is 0 Å². The summed E-state index contributed by atoms with van der Waals surface area (Å²) in [7, 11) is 0. The SMILES string of the molecule is CCCCCCC(Cc1ccc(-c2ccccc2-c2nn[nH]n2)cc1)C(=O)Nc1cccc(C(=O)O)c1. The second-order valence-corrected chi connectivity index (χ2v) is 9.10. The van der Waals surface area contributed by atoms with Crippen LogP contribution in [-0.2, 0) is 11.2 Å². The Morgan fingerprint density at radius 1 is 0.946 bits per heavy atom. The number of carboxylic acids is 1. The molecule has 3 N–H and O–H groups in total. The smallest absolute Gasteiger partial charge is 0.335 e. The monoisotopic (exact) mass is 497 g/mol. The first kappa shape index (κ1) is 25.8. The van der Waals surface area contributed by atoms with Gasteiger partial charge in [0, 0.05) is 17.2 Å². The highest BCUT2D eigenvalue weighted by molar-refractivity contribution is 5.95. The second kappa shape index (κ2) is 12.6. The van der Waals surface area contributed by atoms with Crippen molar-refractivity contribution >= 4 is 17.6 Å². The summed E-state index contributed by atoms with van der Waals surface area (Å²) in [6.07, 6.45) is 5.70. The molecule has 37 heavy (non-hydrogen) atoms. The van der Waals surface area contributed by atoms with Crippen molar-refractivity contribution in [2.24, 2.45) is 5.92 Å². The van der Waals surface area contributed by atoms with Gasteiger partial charge in [0.05, 0.1) is 5.56 Å². The fraction of sp³-hybridized carbons (Fsp3) is 0.276. The first-order valence-corrected chi connectivity index (χ1v) is 12.6. The van der Waals surface area contributed by atoms with Crippen LogP contribution in [0.15, 0.2) is 72.8 Å². The Morgan fingerprint density at radius 3 is 2.43 bits per heavy atom. The van der Waals surface area contributed by atoms with E-state index in [1.807, 2.05) is 24.3 Å². The minimum absolute atomic E-state index is 0.0921. The first-order valence-electron chi connectivity index (χ1n) is 12.6. The second-order valence-electron chi connectivity index (χ2n) is 9.10. The standard InChI is InChI=1S/C29H31N5O3/c1-2-3-4-5-9-22(28(35)30-24-11-8-10-23(19-24)29(36)37)18-20-14-16-21(17-15-20)25-12-6-7-13-26(25)27-31-33-34-32-27/h6-8,10-17,19,22H,2-5,9,18H2,1H3,(H,30,35)(H,36,37)(H,31,32,33,34). The van der Waals surface area contributed by atoms with Crippen LogP contribution in [0.2, 0.25) is 0 Å². The molecule has 0 saturated carbocycles. The summed E-state index contributed by atoms with van der Waals surface area (Å²) < 4.78 is 0. The number of nitrogens with one attached hydrogen (secondary N) is 2. The molecule has 0 spiro atoms. The molecule has 0 aliphatic heterocycles. The van der Waals surface area contributed by atoms with E-state index in [9.17, 15) is 14.7 Å². The van der Waals surface area contributed by atoms with E-state index in [0.29, 0.717) is 17.9 Å². The highest BCUT2D eigenvalue weighted by Crippen LogP contribution is 2.30. The van der Waals surface area contributed by atoms with Gasteiger partial charge >= 0.3 is 5.97 Å². The van der Waals surface area contributed by atoms with Gasteiger partial charge in [-0.25, -0.2) is 4.79 Å². The van der Waals surface area contributed by atoms with Gasteiger partial charge in [0.2, 0.25) is 11.7 Å². The Hall–Kier alpha value is -4.33. The number of nitrogens with zero attached hydrogens (tertiary/aromatic N) is 3. The maximum atomic E-state index is 13.2. The molecule has 0 saturated heterocycles. The van der Waals surface area contributed by atoms with Crippen molar-refractivity contribution < 1.29 is 14.7 Å². The van der Waals surface area contributed by atoms with Crippen LogP contribution in [-0.4, -0.2) is 37.6 Å². The van der Waals surface area contributed by atoms with E-state index >= 15 is 0 Å². The lowest BCUT2D eigenvalue weighted by molar-refractivity contribution is -0.120. The van der Waals surface area contributed by atoms with Crippen LogP contribution in [0.3, 0.4) is 0 Å². The maximum absolute atomic E-state index is 13.2. The van der Waals surface area contributed by atoms with E-state index < -0.39 is 5.97 Å². The van der Waals surface area contributed by atoms with Crippen molar-refractivity contribution in [3.63, 3.8) is 0 Å².